The van der Waals surface area contributed by atoms with Crippen molar-refractivity contribution >= 4 is 5.91 Å². The van der Waals surface area contributed by atoms with Crippen LogP contribution in [0.4, 0.5) is 0 Å². The molecule has 2 aliphatic heterocycles. The highest BCUT2D eigenvalue weighted by atomic mass is 16.5. The minimum atomic E-state index is -0.439. The van der Waals surface area contributed by atoms with E-state index in [1.807, 2.05) is 19.1 Å². The SMILES string of the molecule is COCCCN1CC[C@@H](CNC(=O)c2cc(C)cc3c2OCCCO3)C(O)C1. The standard InChI is InChI=1S/C21H32N2O5/c1-15-11-17(20-19(12-15)27-9-4-10-28-20)21(25)22-13-16-5-7-23(14-18(16)24)6-3-8-26-2/h11-12,16,18,24H,3-10,13-14H2,1-2H3,(H,22,25)/t16-,18?/m0/s1. The molecule has 0 spiro atoms. The van der Waals surface area contributed by atoms with Crippen LogP contribution in [0.2, 0.25) is 0 Å². The Morgan fingerprint density at radius 3 is 2.96 bits per heavy atom. The molecular weight excluding hydrogens is 360 g/mol. The van der Waals surface area contributed by atoms with Crippen LogP contribution in [0, 0.1) is 12.8 Å². The van der Waals surface area contributed by atoms with Crippen molar-refractivity contribution in [1.82, 2.24) is 10.2 Å². The van der Waals surface area contributed by atoms with Crippen LogP contribution in [0.15, 0.2) is 12.1 Å². The van der Waals surface area contributed by atoms with Gasteiger partial charge in [0.25, 0.3) is 5.91 Å². The summed E-state index contributed by atoms with van der Waals surface area (Å²) in [6, 6.07) is 3.73. The number of likely N-dealkylation sites (tertiary alicyclic amines) is 1. The molecule has 0 aromatic heterocycles. The highest BCUT2D eigenvalue weighted by Crippen LogP contribution is 2.34. The third kappa shape index (κ3) is 5.37. The number of carbonyl (C=O) groups excluding carboxylic acids is 1. The summed E-state index contributed by atoms with van der Waals surface area (Å²) in [4.78, 5) is 15.1. The van der Waals surface area contributed by atoms with Crippen molar-refractivity contribution in [3.63, 3.8) is 0 Å². The fourth-order valence-corrected chi connectivity index (χ4v) is 3.82. The van der Waals surface area contributed by atoms with Crippen LogP contribution >= 0.6 is 0 Å². The Morgan fingerprint density at radius 2 is 2.18 bits per heavy atom. The van der Waals surface area contributed by atoms with E-state index in [1.165, 1.54) is 0 Å². The Kier molecular flexibility index (Phi) is 7.53. The van der Waals surface area contributed by atoms with Crippen molar-refractivity contribution in [2.24, 2.45) is 5.92 Å². The van der Waals surface area contributed by atoms with Gasteiger partial charge in [0.15, 0.2) is 11.5 Å². The molecular formula is C21H32N2O5. The number of piperidine rings is 1. The van der Waals surface area contributed by atoms with E-state index in [0.29, 0.717) is 43.4 Å². The molecule has 1 amide bonds. The molecule has 1 saturated heterocycles. The number of aryl methyl sites for hydroxylation is 1. The lowest BCUT2D eigenvalue weighted by molar-refractivity contribution is 0.0192. The zero-order chi connectivity index (χ0) is 19.9. The third-order valence-corrected chi connectivity index (χ3v) is 5.39. The molecule has 0 radical (unpaired) electrons. The van der Waals surface area contributed by atoms with E-state index >= 15 is 0 Å². The first-order valence-corrected chi connectivity index (χ1v) is 10.2. The Morgan fingerprint density at radius 1 is 1.36 bits per heavy atom. The van der Waals surface area contributed by atoms with Crippen LogP contribution in [0.25, 0.3) is 0 Å². The molecule has 1 fully saturated rings. The molecule has 7 heteroatoms. The molecule has 2 N–H and O–H groups in total. The fraction of sp³-hybridized carbons (Fsp3) is 0.667. The molecule has 1 aromatic rings. The molecule has 156 valence electrons. The van der Waals surface area contributed by atoms with Crippen molar-refractivity contribution in [1.29, 1.82) is 0 Å². The number of aliphatic hydroxyl groups is 1. The number of methoxy groups -OCH3 is 1. The maximum absolute atomic E-state index is 12.8. The predicted octanol–water partition coefficient (Wildman–Crippen LogP) is 1.61. The summed E-state index contributed by atoms with van der Waals surface area (Å²) in [5.74, 6) is 1.03. The van der Waals surface area contributed by atoms with Gasteiger partial charge >= 0.3 is 0 Å². The van der Waals surface area contributed by atoms with Gasteiger partial charge in [0.1, 0.15) is 0 Å². The fourth-order valence-electron chi connectivity index (χ4n) is 3.82. The van der Waals surface area contributed by atoms with E-state index in [-0.39, 0.29) is 11.8 Å². The molecule has 2 heterocycles. The Bertz CT molecular complexity index is 666. The van der Waals surface area contributed by atoms with Crippen LogP contribution < -0.4 is 14.8 Å². The number of ether oxygens (including phenoxy) is 3. The number of fused-ring (bicyclic) bond motifs is 1. The Balaban J connectivity index is 1.56. The van der Waals surface area contributed by atoms with Gasteiger partial charge in [-0.1, -0.05) is 0 Å². The zero-order valence-electron chi connectivity index (χ0n) is 16.9. The van der Waals surface area contributed by atoms with Gasteiger partial charge in [-0.05, 0) is 44.0 Å². The first-order valence-electron chi connectivity index (χ1n) is 10.2. The van der Waals surface area contributed by atoms with Crippen molar-refractivity contribution < 1.29 is 24.1 Å². The molecule has 1 unspecified atom stereocenters. The van der Waals surface area contributed by atoms with Crippen LogP contribution in [0.1, 0.15) is 35.2 Å². The second-order valence-corrected chi connectivity index (χ2v) is 7.66. The minimum absolute atomic E-state index is 0.0585. The van der Waals surface area contributed by atoms with Crippen molar-refractivity contribution in [3.8, 4) is 11.5 Å². The number of carbonyl (C=O) groups is 1. The minimum Gasteiger partial charge on any atom is -0.490 e. The smallest absolute Gasteiger partial charge is 0.255 e. The average molecular weight is 392 g/mol. The van der Waals surface area contributed by atoms with E-state index in [4.69, 9.17) is 14.2 Å². The monoisotopic (exact) mass is 392 g/mol. The number of hydrogen-bond acceptors (Lipinski definition) is 6. The van der Waals surface area contributed by atoms with Gasteiger partial charge in [0.05, 0.1) is 24.9 Å². The molecule has 28 heavy (non-hydrogen) atoms. The Labute approximate surface area is 166 Å². The summed E-state index contributed by atoms with van der Waals surface area (Å²) in [5, 5.41) is 13.5. The zero-order valence-corrected chi connectivity index (χ0v) is 16.9. The van der Waals surface area contributed by atoms with Crippen LogP contribution in [0.3, 0.4) is 0 Å². The molecule has 7 nitrogen and oxygen atoms in total. The summed E-state index contributed by atoms with van der Waals surface area (Å²) in [7, 11) is 1.70. The van der Waals surface area contributed by atoms with Gasteiger partial charge in [-0.3, -0.25) is 4.79 Å². The second-order valence-electron chi connectivity index (χ2n) is 7.66. The number of nitrogens with zero attached hydrogens (tertiary/aromatic N) is 1. The highest BCUT2D eigenvalue weighted by molar-refractivity contribution is 5.98. The van der Waals surface area contributed by atoms with E-state index in [0.717, 1.165) is 44.5 Å². The number of rotatable bonds is 7. The van der Waals surface area contributed by atoms with Gasteiger partial charge < -0.3 is 29.5 Å². The number of amides is 1. The van der Waals surface area contributed by atoms with E-state index in [1.54, 1.807) is 7.11 Å². The van der Waals surface area contributed by atoms with Crippen molar-refractivity contribution in [2.45, 2.75) is 32.3 Å². The Hall–Kier alpha value is -1.83. The molecule has 0 saturated carbocycles. The molecule has 3 rings (SSSR count). The predicted molar refractivity (Wildman–Crippen MR) is 106 cm³/mol. The molecule has 2 aliphatic rings. The summed E-state index contributed by atoms with van der Waals surface area (Å²) in [5.41, 5.74) is 1.46. The number of hydrogen-bond donors (Lipinski definition) is 2. The van der Waals surface area contributed by atoms with Crippen LogP contribution in [0.5, 0.6) is 11.5 Å². The number of benzene rings is 1. The van der Waals surface area contributed by atoms with Gasteiger partial charge in [-0.2, -0.15) is 0 Å². The highest BCUT2D eigenvalue weighted by Gasteiger charge is 2.28. The van der Waals surface area contributed by atoms with Gasteiger partial charge in [-0.25, -0.2) is 0 Å². The maximum atomic E-state index is 12.8. The lowest BCUT2D eigenvalue weighted by Gasteiger charge is -2.36. The second kappa shape index (κ2) is 10.1. The number of nitrogens with one attached hydrogen (secondary N) is 1. The average Bonchev–Trinajstić information content (AvgIpc) is 2.92. The van der Waals surface area contributed by atoms with Gasteiger partial charge in [0.2, 0.25) is 0 Å². The molecule has 2 atom stereocenters. The van der Waals surface area contributed by atoms with Gasteiger partial charge in [-0.15, -0.1) is 0 Å². The van der Waals surface area contributed by atoms with Crippen LogP contribution in [-0.2, 0) is 4.74 Å². The number of aliphatic hydroxyl groups excluding tert-OH is 1. The summed E-state index contributed by atoms with van der Waals surface area (Å²) in [6.07, 6.45) is 2.18. The molecule has 1 aromatic carbocycles. The lowest BCUT2D eigenvalue weighted by atomic mass is 9.93. The quantitative estimate of drug-likeness (QED) is 0.687. The van der Waals surface area contributed by atoms with Crippen LogP contribution in [-0.4, -0.2) is 75.1 Å². The first-order chi connectivity index (χ1) is 13.6. The lowest BCUT2D eigenvalue weighted by Crippen LogP contribution is -2.48. The third-order valence-electron chi connectivity index (χ3n) is 5.39. The summed E-state index contributed by atoms with van der Waals surface area (Å²) < 4.78 is 16.6. The topological polar surface area (TPSA) is 80.3 Å². The van der Waals surface area contributed by atoms with E-state index in [2.05, 4.69) is 10.2 Å². The molecule has 0 bridgehead atoms. The van der Waals surface area contributed by atoms with Crippen molar-refractivity contribution in [2.75, 3.05) is 53.1 Å². The summed E-state index contributed by atoms with van der Waals surface area (Å²) in [6.45, 7) is 6.75. The van der Waals surface area contributed by atoms with E-state index < -0.39 is 6.10 Å². The maximum Gasteiger partial charge on any atom is 0.255 e. The number of β-amino-alcohol motifs (C(OH)–C–C–N with tert-alkyl or cyclic N) is 1. The van der Waals surface area contributed by atoms with E-state index in [9.17, 15) is 9.90 Å². The largest absolute Gasteiger partial charge is 0.490 e. The summed E-state index contributed by atoms with van der Waals surface area (Å²) >= 11 is 0. The van der Waals surface area contributed by atoms with Crippen molar-refractivity contribution in [3.05, 3.63) is 23.3 Å². The normalized spacial score (nSPS) is 22.5. The van der Waals surface area contributed by atoms with Gasteiger partial charge in [0, 0.05) is 45.7 Å². The first kappa shape index (κ1) is 20.9. The molecule has 0 aliphatic carbocycles.